The first-order valence-corrected chi connectivity index (χ1v) is 5.53. The molecule has 84 valence electrons. The quantitative estimate of drug-likeness (QED) is 0.840. The van der Waals surface area contributed by atoms with Crippen molar-refractivity contribution in [2.24, 2.45) is 7.05 Å². The monoisotopic (exact) mass is 258 g/mol. The number of nitrogens with two attached hydrogens (primary N) is 1. The Morgan fingerprint density at radius 1 is 1.50 bits per heavy atom. The van der Waals surface area contributed by atoms with Crippen molar-refractivity contribution < 1.29 is 4.39 Å². The van der Waals surface area contributed by atoms with Crippen LogP contribution < -0.4 is 5.73 Å². The molecule has 4 nitrogen and oxygen atoms in total. The van der Waals surface area contributed by atoms with E-state index in [2.05, 4.69) is 10.1 Å². The summed E-state index contributed by atoms with van der Waals surface area (Å²) in [5.41, 5.74) is 6.14. The van der Waals surface area contributed by atoms with E-state index in [4.69, 9.17) is 17.3 Å². The van der Waals surface area contributed by atoms with Crippen molar-refractivity contribution in [2.45, 2.75) is 10.1 Å². The van der Waals surface area contributed by atoms with Crippen LogP contribution in [-0.4, -0.2) is 14.8 Å². The van der Waals surface area contributed by atoms with E-state index in [1.807, 2.05) is 0 Å². The lowest BCUT2D eigenvalue weighted by atomic mass is 10.3. The summed E-state index contributed by atoms with van der Waals surface area (Å²) >= 11 is 6.84. The van der Waals surface area contributed by atoms with Gasteiger partial charge in [-0.05, 0) is 23.9 Å². The van der Waals surface area contributed by atoms with Crippen LogP contribution in [0.3, 0.4) is 0 Å². The van der Waals surface area contributed by atoms with Gasteiger partial charge < -0.3 is 5.73 Å². The summed E-state index contributed by atoms with van der Waals surface area (Å²) in [5, 5.41) is 4.55. The highest BCUT2D eigenvalue weighted by Gasteiger charge is 2.10. The van der Waals surface area contributed by atoms with Gasteiger partial charge in [-0.3, -0.25) is 0 Å². The van der Waals surface area contributed by atoms with Crippen LogP contribution in [0.15, 0.2) is 28.5 Å². The maximum Gasteiger partial charge on any atom is 0.190 e. The van der Waals surface area contributed by atoms with Gasteiger partial charge in [0.25, 0.3) is 0 Å². The molecule has 2 rings (SSSR count). The SMILES string of the molecule is Cn1ncnc1Sc1cc(F)c(Cl)cc1N. The molecular weight excluding hydrogens is 251 g/mol. The third kappa shape index (κ3) is 2.12. The van der Waals surface area contributed by atoms with Crippen molar-refractivity contribution in [3.8, 4) is 0 Å². The fourth-order valence-corrected chi connectivity index (χ4v) is 2.10. The molecule has 0 aliphatic heterocycles. The second-order valence-electron chi connectivity index (χ2n) is 3.07. The number of aryl methyl sites for hydroxylation is 1. The van der Waals surface area contributed by atoms with Crippen molar-refractivity contribution in [1.82, 2.24) is 14.8 Å². The molecular formula is C9H8ClFN4S. The van der Waals surface area contributed by atoms with E-state index in [-0.39, 0.29) is 5.02 Å². The second kappa shape index (κ2) is 4.31. The van der Waals surface area contributed by atoms with Crippen molar-refractivity contribution in [3.63, 3.8) is 0 Å². The third-order valence-electron chi connectivity index (χ3n) is 1.92. The van der Waals surface area contributed by atoms with E-state index < -0.39 is 5.82 Å². The van der Waals surface area contributed by atoms with Gasteiger partial charge in [-0.2, -0.15) is 5.10 Å². The molecule has 0 aliphatic rings. The third-order valence-corrected chi connectivity index (χ3v) is 3.34. The van der Waals surface area contributed by atoms with Crippen LogP contribution in [0.1, 0.15) is 0 Å². The molecule has 1 heterocycles. The zero-order chi connectivity index (χ0) is 11.7. The Morgan fingerprint density at radius 2 is 2.25 bits per heavy atom. The van der Waals surface area contributed by atoms with E-state index in [0.717, 1.165) is 0 Å². The summed E-state index contributed by atoms with van der Waals surface area (Å²) < 4.78 is 14.8. The lowest BCUT2D eigenvalue weighted by Crippen LogP contribution is -1.95. The number of rotatable bonds is 2. The van der Waals surface area contributed by atoms with Gasteiger partial charge in [-0.15, -0.1) is 0 Å². The van der Waals surface area contributed by atoms with Crippen LogP contribution in [0.25, 0.3) is 0 Å². The number of hydrogen-bond donors (Lipinski definition) is 1. The topological polar surface area (TPSA) is 56.7 Å². The van der Waals surface area contributed by atoms with Gasteiger partial charge in [0.05, 0.1) is 5.02 Å². The highest BCUT2D eigenvalue weighted by Crippen LogP contribution is 2.33. The minimum absolute atomic E-state index is 0.0137. The Bertz CT molecular complexity index is 528. The largest absolute Gasteiger partial charge is 0.398 e. The fraction of sp³-hybridized carbons (Fsp3) is 0.111. The van der Waals surface area contributed by atoms with E-state index in [9.17, 15) is 4.39 Å². The van der Waals surface area contributed by atoms with Gasteiger partial charge in [0.2, 0.25) is 0 Å². The summed E-state index contributed by atoms with van der Waals surface area (Å²) in [7, 11) is 1.75. The first-order chi connectivity index (χ1) is 7.58. The molecule has 2 aromatic rings. The summed E-state index contributed by atoms with van der Waals surface area (Å²) in [4.78, 5) is 4.58. The predicted molar refractivity (Wildman–Crippen MR) is 60.9 cm³/mol. The first-order valence-electron chi connectivity index (χ1n) is 4.34. The van der Waals surface area contributed by atoms with Crippen LogP contribution in [0.4, 0.5) is 10.1 Å². The average molecular weight is 259 g/mol. The van der Waals surface area contributed by atoms with E-state index >= 15 is 0 Å². The van der Waals surface area contributed by atoms with Gasteiger partial charge in [-0.25, -0.2) is 14.1 Å². The summed E-state index contributed by atoms with van der Waals surface area (Å²) in [5.74, 6) is -0.500. The zero-order valence-corrected chi connectivity index (χ0v) is 9.89. The van der Waals surface area contributed by atoms with Crippen molar-refractivity contribution in [2.75, 3.05) is 5.73 Å². The Morgan fingerprint density at radius 3 is 2.88 bits per heavy atom. The van der Waals surface area contributed by atoms with Gasteiger partial charge in [0.15, 0.2) is 5.16 Å². The fourth-order valence-electron chi connectivity index (χ4n) is 1.11. The van der Waals surface area contributed by atoms with E-state index in [0.29, 0.717) is 15.7 Å². The lowest BCUT2D eigenvalue weighted by Gasteiger charge is -2.05. The highest BCUT2D eigenvalue weighted by molar-refractivity contribution is 7.99. The van der Waals surface area contributed by atoms with Crippen molar-refractivity contribution in [1.29, 1.82) is 0 Å². The van der Waals surface area contributed by atoms with Crippen molar-refractivity contribution in [3.05, 3.63) is 29.3 Å². The number of nitrogen functional groups attached to an aromatic ring is 1. The molecule has 0 fully saturated rings. The maximum atomic E-state index is 13.2. The summed E-state index contributed by atoms with van der Waals surface area (Å²) in [6, 6.07) is 2.67. The molecule has 0 unspecified atom stereocenters. The highest BCUT2D eigenvalue weighted by atomic mass is 35.5. The number of aromatic nitrogens is 3. The normalized spacial score (nSPS) is 10.7. The zero-order valence-electron chi connectivity index (χ0n) is 8.32. The van der Waals surface area contributed by atoms with Gasteiger partial charge in [0, 0.05) is 17.6 Å². The number of nitrogens with zero attached hydrogens (tertiary/aromatic N) is 3. The molecule has 0 saturated heterocycles. The molecule has 0 radical (unpaired) electrons. The molecule has 0 bridgehead atoms. The van der Waals surface area contributed by atoms with Gasteiger partial charge in [0.1, 0.15) is 12.1 Å². The van der Waals surface area contributed by atoms with Crippen molar-refractivity contribution >= 4 is 29.1 Å². The van der Waals surface area contributed by atoms with Gasteiger partial charge >= 0.3 is 0 Å². The van der Waals surface area contributed by atoms with Crippen LogP contribution in [0.5, 0.6) is 0 Å². The summed E-state index contributed by atoms with van der Waals surface area (Å²) in [6.45, 7) is 0. The average Bonchev–Trinajstić information content (AvgIpc) is 2.61. The van der Waals surface area contributed by atoms with Gasteiger partial charge in [-0.1, -0.05) is 11.6 Å². The molecule has 1 aromatic heterocycles. The Hall–Kier alpha value is -1.27. The standard InChI is InChI=1S/C9H8ClFN4S/c1-15-9(13-4-14-15)16-8-3-6(11)5(10)2-7(8)12/h2-4H,12H2,1H3. The number of benzene rings is 1. The second-order valence-corrected chi connectivity index (χ2v) is 4.49. The molecule has 0 aliphatic carbocycles. The smallest absolute Gasteiger partial charge is 0.190 e. The number of anilines is 1. The van der Waals surface area contributed by atoms with Crippen LogP contribution >= 0.6 is 23.4 Å². The molecule has 16 heavy (non-hydrogen) atoms. The molecule has 7 heteroatoms. The Kier molecular flexibility index (Phi) is 3.02. The minimum atomic E-state index is -0.500. The lowest BCUT2D eigenvalue weighted by molar-refractivity contribution is 0.625. The Balaban J connectivity index is 2.35. The first kappa shape index (κ1) is 11.2. The molecule has 0 saturated carbocycles. The molecule has 1 aromatic carbocycles. The molecule has 2 N–H and O–H groups in total. The number of hydrogen-bond acceptors (Lipinski definition) is 4. The van der Waals surface area contributed by atoms with Crippen LogP contribution in [-0.2, 0) is 7.05 Å². The molecule has 0 atom stereocenters. The Labute approximate surface area is 101 Å². The molecule has 0 amide bonds. The van der Waals surface area contributed by atoms with E-state index in [1.54, 1.807) is 11.7 Å². The summed E-state index contributed by atoms with van der Waals surface area (Å²) in [6.07, 6.45) is 1.42. The minimum Gasteiger partial charge on any atom is -0.398 e. The number of halogens is 2. The predicted octanol–water partition coefficient (Wildman–Crippen LogP) is 2.34. The molecule has 0 spiro atoms. The van der Waals surface area contributed by atoms with Crippen LogP contribution in [0, 0.1) is 5.82 Å². The maximum absolute atomic E-state index is 13.2. The van der Waals surface area contributed by atoms with E-state index in [1.165, 1.54) is 30.2 Å². The van der Waals surface area contributed by atoms with Crippen LogP contribution in [0.2, 0.25) is 5.02 Å².